The SMILES string of the molecule is CCCCCCC/C=C\C/C=C\CCCCCCCCCCCCCCCCCCCCCC(=O)NC(COC1OC(CO)C(O)C(O)C1O)C(O)/C=C/CC/C=C/CC/C=C/CCCCCCCCCCCCCCCCCCCCCC. The fourth-order valence-corrected chi connectivity index (χ4v) is 11.6. The van der Waals surface area contributed by atoms with Crippen LogP contribution in [0.15, 0.2) is 60.8 Å². The summed E-state index contributed by atoms with van der Waals surface area (Å²) in [5.74, 6) is -0.186. The Hall–Kier alpha value is -2.11. The summed E-state index contributed by atoms with van der Waals surface area (Å²) < 4.78 is 11.3. The van der Waals surface area contributed by atoms with Gasteiger partial charge in [0.15, 0.2) is 6.29 Å². The molecular weight excluding hydrogens is 1040 g/mol. The lowest BCUT2D eigenvalue weighted by Gasteiger charge is -2.40. The van der Waals surface area contributed by atoms with Crippen LogP contribution in [0.25, 0.3) is 0 Å². The molecule has 0 aromatic heterocycles. The van der Waals surface area contributed by atoms with Crippen molar-refractivity contribution in [3.05, 3.63) is 60.8 Å². The van der Waals surface area contributed by atoms with E-state index in [-0.39, 0.29) is 12.5 Å². The Kier molecular flexibility index (Phi) is 60.8. The van der Waals surface area contributed by atoms with Crippen molar-refractivity contribution in [1.29, 1.82) is 0 Å². The number of amides is 1. The molecule has 0 bridgehead atoms. The van der Waals surface area contributed by atoms with Crippen LogP contribution in [0.5, 0.6) is 0 Å². The molecule has 0 spiro atoms. The predicted octanol–water partition coefficient (Wildman–Crippen LogP) is 20.1. The third kappa shape index (κ3) is 51.9. The Morgan fingerprint density at radius 2 is 0.714 bits per heavy atom. The lowest BCUT2D eigenvalue weighted by atomic mass is 9.99. The van der Waals surface area contributed by atoms with Crippen LogP contribution >= 0.6 is 0 Å². The van der Waals surface area contributed by atoms with Crippen LogP contribution in [0.2, 0.25) is 0 Å². The zero-order valence-electron chi connectivity index (χ0n) is 55.2. The van der Waals surface area contributed by atoms with E-state index in [4.69, 9.17) is 9.47 Å². The fourth-order valence-electron chi connectivity index (χ4n) is 11.6. The van der Waals surface area contributed by atoms with Crippen molar-refractivity contribution in [3.63, 3.8) is 0 Å². The molecule has 1 rings (SSSR count). The van der Waals surface area contributed by atoms with Crippen LogP contribution in [0.4, 0.5) is 0 Å². The van der Waals surface area contributed by atoms with Crippen molar-refractivity contribution in [3.8, 4) is 0 Å². The van der Waals surface area contributed by atoms with Gasteiger partial charge in [0.05, 0.1) is 25.4 Å². The standard InChI is InChI=1S/C75H139NO8/c1-3-5-7-9-11-13-15-17-19-21-23-25-27-29-31-33-35-37-39-41-43-45-47-49-51-53-55-57-59-61-63-65-71(79)76-68(67-83-75-74(82)73(81)72(80)70(66-77)84-75)69(78)64-62-60-58-56-54-52-50-48-46-44-42-40-38-36-34-32-30-28-26-24-22-20-18-16-14-12-10-8-6-4-2/h15,17,21,23,46,48,54,56,62,64,68-70,72-75,77-78,80-82H,3-14,16,18-20,22,24-45,47,49-53,55,57-61,63,65-67H2,1-2H3,(H,76,79)/b17-15-,23-21-,48-46+,56-54+,64-62+. The number of aliphatic hydroxyl groups excluding tert-OH is 5. The van der Waals surface area contributed by atoms with E-state index in [1.54, 1.807) is 6.08 Å². The van der Waals surface area contributed by atoms with E-state index in [0.29, 0.717) is 6.42 Å². The second-order valence-corrected chi connectivity index (χ2v) is 25.4. The van der Waals surface area contributed by atoms with Crippen molar-refractivity contribution < 1.29 is 39.8 Å². The van der Waals surface area contributed by atoms with Crippen LogP contribution < -0.4 is 5.32 Å². The number of allylic oxidation sites excluding steroid dienone is 9. The second kappa shape index (κ2) is 63.9. The fraction of sp³-hybridized carbons (Fsp3) is 0.853. The molecule has 9 nitrogen and oxygen atoms in total. The van der Waals surface area contributed by atoms with Crippen LogP contribution in [-0.4, -0.2) is 87.5 Å². The number of hydrogen-bond acceptors (Lipinski definition) is 8. The number of carbonyl (C=O) groups is 1. The van der Waals surface area contributed by atoms with E-state index >= 15 is 0 Å². The topological polar surface area (TPSA) is 149 Å². The van der Waals surface area contributed by atoms with E-state index < -0.39 is 49.5 Å². The van der Waals surface area contributed by atoms with Gasteiger partial charge in [0.1, 0.15) is 24.4 Å². The molecule has 0 radical (unpaired) electrons. The molecule has 1 amide bonds. The molecule has 492 valence electrons. The van der Waals surface area contributed by atoms with Gasteiger partial charge in [-0.05, 0) is 77.0 Å². The van der Waals surface area contributed by atoms with Crippen molar-refractivity contribution in [2.75, 3.05) is 13.2 Å². The summed E-state index contributed by atoms with van der Waals surface area (Å²) in [5, 5.41) is 54.8. The summed E-state index contributed by atoms with van der Waals surface area (Å²) in [6.07, 6.45) is 82.0. The molecule has 1 saturated heterocycles. The minimum absolute atomic E-state index is 0.186. The summed E-state index contributed by atoms with van der Waals surface area (Å²) in [6, 6.07) is -0.831. The third-order valence-electron chi connectivity index (χ3n) is 17.3. The van der Waals surface area contributed by atoms with Crippen molar-refractivity contribution in [2.45, 2.75) is 397 Å². The first kappa shape index (κ1) is 79.9. The molecule has 1 aliphatic heterocycles. The first-order chi connectivity index (χ1) is 41.3. The Labute approximate surface area is 519 Å². The summed E-state index contributed by atoms with van der Waals surface area (Å²) >= 11 is 0. The maximum absolute atomic E-state index is 13.1. The average molecular weight is 1180 g/mol. The van der Waals surface area contributed by atoms with Crippen LogP contribution in [0, 0.1) is 0 Å². The first-order valence-electron chi connectivity index (χ1n) is 36.5. The molecule has 0 aromatic carbocycles. The molecule has 6 N–H and O–H groups in total. The molecule has 7 unspecified atom stereocenters. The van der Waals surface area contributed by atoms with E-state index in [9.17, 15) is 30.3 Å². The summed E-state index contributed by atoms with van der Waals surface area (Å²) in [6.45, 7) is 3.79. The van der Waals surface area contributed by atoms with Gasteiger partial charge in [-0.2, -0.15) is 0 Å². The van der Waals surface area contributed by atoms with Gasteiger partial charge in [-0.25, -0.2) is 0 Å². The lowest BCUT2D eigenvalue weighted by molar-refractivity contribution is -0.302. The molecule has 1 fully saturated rings. The van der Waals surface area contributed by atoms with Gasteiger partial charge in [0.2, 0.25) is 5.91 Å². The van der Waals surface area contributed by atoms with Crippen molar-refractivity contribution in [1.82, 2.24) is 5.32 Å². The maximum atomic E-state index is 13.1. The second-order valence-electron chi connectivity index (χ2n) is 25.4. The van der Waals surface area contributed by atoms with E-state index in [0.717, 1.165) is 51.4 Å². The highest BCUT2D eigenvalue weighted by Gasteiger charge is 2.44. The smallest absolute Gasteiger partial charge is 0.220 e. The Morgan fingerprint density at radius 3 is 1.07 bits per heavy atom. The largest absolute Gasteiger partial charge is 0.394 e. The monoisotopic (exact) mass is 1180 g/mol. The number of aliphatic hydroxyl groups is 5. The first-order valence-corrected chi connectivity index (χ1v) is 36.5. The van der Waals surface area contributed by atoms with E-state index in [1.807, 2.05) is 6.08 Å². The number of rotatable bonds is 64. The minimum Gasteiger partial charge on any atom is -0.394 e. The number of ether oxygens (including phenoxy) is 2. The van der Waals surface area contributed by atoms with Gasteiger partial charge in [0.25, 0.3) is 0 Å². The minimum atomic E-state index is -1.58. The van der Waals surface area contributed by atoms with Gasteiger partial charge >= 0.3 is 0 Å². The van der Waals surface area contributed by atoms with Gasteiger partial charge in [-0.3, -0.25) is 4.79 Å². The highest BCUT2D eigenvalue weighted by Crippen LogP contribution is 2.23. The van der Waals surface area contributed by atoms with Crippen LogP contribution in [0.1, 0.15) is 354 Å². The van der Waals surface area contributed by atoms with Gasteiger partial charge in [-0.15, -0.1) is 0 Å². The zero-order chi connectivity index (χ0) is 60.7. The molecule has 0 saturated carbocycles. The highest BCUT2D eigenvalue weighted by atomic mass is 16.7. The molecule has 9 heteroatoms. The highest BCUT2D eigenvalue weighted by molar-refractivity contribution is 5.76. The predicted molar refractivity (Wildman–Crippen MR) is 359 cm³/mol. The maximum Gasteiger partial charge on any atom is 0.220 e. The Balaban J connectivity index is 2.14. The number of unbranched alkanes of at least 4 members (excludes halogenated alkanes) is 46. The number of carbonyl (C=O) groups excluding carboxylic acids is 1. The number of nitrogens with one attached hydrogen (secondary N) is 1. The quantitative estimate of drug-likeness (QED) is 0.0261. The van der Waals surface area contributed by atoms with Gasteiger partial charge in [0, 0.05) is 6.42 Å². The molecule has 1 heterocycles. The molecule has 84 heavy (non-hydrogen) atoms. The molecular formula is C75H139NO8. The molecule has 0 aliphatic carbocycles. The number of hydrogen-bond donors (Lipinski definition) is 6. The average Bonchev–Trinajstić information content (AvgIpc) is 3.70. The van der Waals surface area contributed by atoms with Gasteiger partial charge in [-0.1, -0.05) is 331 Å². The van der Waals surface area contributed by atoms with Crippen LogP contribution in [0.3, 0.4) is 0 Å². The van der Waals surface area contributed by atoms with E-state index in [2.05, 4.69) is 67.8 Å². The third-order valence-corrected chi connectivity index (χ3v) is 17.3. The molecule has 0 aromatic rings. The van der Waals surface area contributed by atoms with E-state index in [1.165, 1.54) is 283 Å². The molecule has 7 atom stereocenters. The summed E-state index contributed by atoms with van der Waals surface area (Å²) in [4.78, 5) is 13.1. The Bertz CT molecular complexity index is 1510. The van der Waals surface area contributed by atoms with Crippen molar-refractivity contribution in [2.24, 2.45) is 0 Å². The van der Waals surface area contributed by atoms with Crippen molar-refractivity contribution >= 4 is 5.91 Å². The normalized spacial score (nSPS) is 18.5. The Morgan fingerprint density at radius 1 is 0.405 bits per heavy atom. The molecule has 1 aliphatic rings. The van der Waals surface area contributed by atoms with Crippen LogP contribution in [-0.2, 0) is 14.3 Å². The zero-order valence-corrected chi connectivity index (χ0v) is 55.2. The summed E-state index contributed by atoms with van der Waals surface area (Å²) in [7, 11) is 0. The van der Waals surface area contributed by atoms with Gasteiger partial charge < -0.3 is 40.3 Å². The summed E-state index contributed by atoms with van der Waals surface area (Å²) in [5.41, 5.74) is 0. The lowest BCUT2D eigenvalue weighted by Crippen LogP contribution is -2.60.